The number of rotatable bonds is 10. The molecule has 0 fully saturated rings. The fourth-order valence-electron chi connectivity index (χ4n) is 8.77. The molecular weight excluding hydrogens is 971 g/mol. The van der Waals surface area contributed by atoms with Gasteiger partial charge in [0.05, 0.1) is 15.8 Å². The van der Waals surface area contributed by atoms with Crippen molar-refractivity contribution in [2.75, 3.05) is 0 Å². The Morgan fingerprint density at radius 1 is 0.364 bits per heavy atom. The van der Waals surface area contributed by atoms with Crippen LogP contribution in [-0.2, 0) is 15.1 Å². The zero-order valence-corrected chi connectivity index (χ0v) is 41.8. The van der Waals surface area contributed by atoms with E-state index in [1.165, 1.54) is 70.1 Å². The van der Waals surface area contributed by atoms with Gasteiger partial charge in [0, 0.05) is 11.1 Å². The SMILES string of the molecule is C[C@H](c1ccccc1)[C@H]([NH-])c1ccccc1.[Cl][Ru+2][Cl].[NH2-].c1ccc([PH+](c2ccccc2)c2ccc3ccccc3c2-c2c([PH+](c3ccccc3)c3ccccc3)ccc3ccccc23)cc1. The van der Waals surface area contributed by atoms with E-state index in [1.54, 1.807) is 0 Å². The Bertz CT molecular complexity index is 2740. The molecule has 0 aliphatic rings. The van der Waals surface area contributed by atoms with Crippen LogP contribution in [0.15, 0.2) is 255 Å². The minimum absolute atomic E-state index is 0. The number of benzene rings is 10. The van der Waals surface area contributed by atoms with Crippen molar-refractivity contribution in [1.82, 2.24) is 0 Å². The average molecular weight is 1020 g/mol. The van der Waals surface area contributed by atoms with Gasteiger partial charge in [-0.3, -0.25) is 0 Å². The molecule has 0 aliphatic heterocycles. The van der Waals surface area contributed by atoms with Crippen LogP contribution in [0.1, 0.15) is 30.0 Å². The van der Waals surface area contributed by atoms with Crippen molar-refractivity contribution in [1.29, 1.82) is 0 Å². The third-order valence-corrected chi connectivity index (χ3v) is 17.4. The maximum Gasteiger partial charge on any atom is 0.111 e. The van der Waals surface area contributed by atoms with Crippen LogP contribution in [0.5, 0.6) is 0 Å². The third-order valence-electron chi connectivity index (χ3n) is 11.9. The Kier molecular flexibility index (Phi) is 18.0. The predicted octanol–water partition coefficient (Wildman–Crippen LogP) is 15.3. The minimum Gasteiger partial charge on any atom is -0.693 e. The van der Waals surface area contributed by atoms with E-state index < -0.39 is 15.8 Å². The van der Waals surface area contributed by atoms with Crippen molar-refractivity contribution >= 4 is 88.6 Å². The van der Waals surface area contributed by atoms with Crippen LogP contribution in [0.3, 0.4) is 0 Å². The Labute approximate surface area is 408 Å². The zero-order valence-electron chi connectivity index (χ0n) is 36.6. The standard InChI is InChI=1S/C44H32P2.C15H16N.2ClH.H2N.Ru/c1-5-19-35(20-6-1)45(36-21-7-2-8-22-36)41-31-29-33-17-13-15-27-39(33)43(41)44-40-28-16-14-18-34(40)30-32-42(44)46(37-23-9-3-10-24-37)38-25-11-4-12-26-38;1-12(13-8-4-2-5-9-13)15(16)14-10-6-3-7-11-14;;;;/h1-32H;2-12,15-16H,1H3;2*1H;1H2;/q;-1;;;-1;+4/t;12-,15+;;;;/m.1..../s1. The van der Waals surface area contributed by atoms with Crippen molar-refractivity contribution in [2.45, 2.75) is 18.9 Å². The monoisotopic (exact) mass is 1020 g/mol. The maximum absolute atomic E-state index is 8.26. The van der Waals surface area contributed by atoms with E-state index in [0.29, 0.717) is 0 Å². The summed E-state index contributed by atoms with van der Waals surface area (Å²) in [7, 11) is 6.97. The van der Waals surface area contributed by atoms with Gasteiger partial charge in [0.25, 0.3) is 0 Å². The summed E-state index contributed by atoms with van der Waals surface area (Å²) in [5.74, 6) is 0.226. The van der Waals surface area contributed by atoms with Gasteiger partial charge in [0.15, 0.2) is 0 Å². The second-order valence-electron chi connectivity index (χ2n) is 15.8. The number of nitrogens with two attached hydrogens (primary N) is 1. The summed E-state index contributed by atoms with van der Waals surface area (Å²) in [6, 6.07) is 92.3. The fourth-order valence-corrected chi connectivity index (χ4v) is 14.3. The summed E-state index contributed by atoms with van der Waals surface area (Å²) in [6.07, 6.45) is 0. The predicted molar refractivity (Wildman–Crippen MR) is 292 cm³/mol. The largest absolute Gasteiger partial charge is 0.693 e. The molecule has 10 rings (SSSR count). The van der Waals surface area contributed by atoms with Gasteiger partial charge in [-0.25, -0.2) is 0 Å². The first-order valence-electron chi connectivity index (χ1n) is 21.7. The Hall–Kier alpha value is -5.30. The van der Waals surface area contributed by atoms with E-state index in [-0.39, 0.29) is 33.3 Å². The average Bonchev–Trinajstić information content (AvgIpc) is 3.38. The molecule has 0 spiro atoms. The van der Waals surface area contributed by atoms with Crippen LogP contribution in [-0.4, -0.2) is 0 Å². The summed E-state index contributed by atoms with van der Waals surface area (Å²) in [5.41, 5.74) is 13.3. The van der Waals surface area contributed by atoms with Crippen molar-refractivity contribution in [3.8, 4) is 11.1 Å². The number of halogens is 2. The summed E-state index contributed by atoms with van der Waals surface area (Å²) in [4.78, 5) is 0. The smallest absolute Gasteiger partial charge is 0.111 e. The summed E-state index contributed by atoms with van der Waals surface area (Å²) < 4.78 is 0. The van der Waals surface area contributed by atoms with E-state index >= 15 is 0 Å². The number of fused-ring (bicyclic) bond motifs is 2. The van der Waals surface area contributed by atoms with E-state index in [2.05, 4.69) is 213 Å². The van der Waals surface area contributed by atoms with Gasteiger partial charge in [-0.15, -0.1) is 6.04 Å². The summed E-state index contributed by atoms with van der Waals surface area (Å²) in [6.45, 7) is 2.11. The van der Waals surface area contributed by atoms with E-state index in [4.69, 9.17) is 25.1 Å². The fraction of sp³-hybridized carbons (Fsp3) is 0.0508. The quantitative estimate of drug-likeness (QED) is 0.0968. The van der Waals surface area contributed by atoms with Crippen molar-refractivity contribution in [2.24, 2.45) is 0 Å². The van der Waals surface area contributed by atoms with Crippen LogP contribution >= 0.6 is 35.2 Å². The van der Waals surface area contributed by atoms with Gasteiger partial charge in [-0.2, -0.15) is 0 Å². The normalized spacial score (nSPS) is 11.7. The molecule has 0 saturated carbocycles. The number of hydrogen-bond acceptors (Lipinski definition) is 0. The van der Waals surface area contributed by atoms with E-state index in [9.17, 15) is 0 Å². The molecule has 7 heteroatoms. The number of hydrogen-bond donors (Lipinski definition) is 0. The number of nitrogens with one attached hydrogen (secondary N) is 1. The second kappa shape index (κ2) is 24.5. The molecule has 0 radical (unpaired) electrons. The molecule has 0 unspecified atom stereocenters. The Morgan fingerprint density at radius 3 is 0.970 bits per heavy atom. The Balaban J connectivity index is 0.000000272. The molecule has 0 aliphatic carbocycles. The molecule has 0 saturated heterocycles. The van der Waals surface area contributed by atoms with Crippen molar-refractivity contribution in [3.05, 3.63) is 278 Å². The maximum atomic E-state index is 8.26. The first kappa shape index (κ1) is 48.6. The minimum atomic E-state index is -1.37. The molecule has 10 aromatic rings. The van der Waals surface area contributed by atoms with Crippen LogP contribution < -0.4 is 31.8 Å². The zero-order chi connectivity index (χ0) is 44.8. The Morgan fingerprint density at radius 2 is 0.636 bits per heavy atom. The molecule has 2 atom stereocenters. The first-order chi connectivity index (χ1) is 32.1. The molecule has 10 aromatic carbocycles. The summed E-state index contributed by atoms with van der Waals surface area (Å²) in [5, 5.41) is 13.6. The molecule has 0 bridgehead atoms. The van der Waals surface area contributed by atoms with Crippen LogP contribution in [0.25, 0.3) is 44.6 Å². The van der Waals surface area contributed by atoms with Crippen molar-refractivity contribution < 1.29 is 15.1 Å². The molecule has 0 amide bonds. The van der Waals surface area contributed by atoms with Gasteiger partial charge in [-0.05, 0) is 93.7 Å². The third kappa shape index (κ3) is 11.4. The van der Waals surface area contributed by atoms with Gasteiger partial charge < -0.3 is 11.9 Å². The molecule has 328 valence electrons. The van der Waals surface area contributed by atoms with Gasteiger partial charge >= 0.3 is 34.5 Å². The summed E-state index contributed by atoms with van der Waals surface area (Å²) >= 11 is -0.346. The van der Waals surface area contributed by atoms with Gasteiger partial charge in [0.1, 0.15) is 31.8 Å². The van der Waals surface area contributed by atoms with Crippen LogP contribution in [0.4, 0.5) is 0 Å². The van der Waals surface area contributed by atoms with Crippen LogP contribution in [0.2, 0.25) is 0 Å². The molecular formula is C59H52Cl2N2P2Ru+2. The molecule has 0 heterocycles. The second-order valence-corrected chi connectivity index (χ2v) is 23.3. The van der Waals surface area contributed by atoms with Gasteiger partial charge in [0.2, 0.25) is 0 Å². The van der Waals surface area contributed by atoms with E-state index in [1.807, 2.05) is 48.5 Å². The molecule has 3 N–H and O–H groups in total. The molecule has 66 heavy (non-hydrogen) atoms. The topological polar surface area (TPSA) is 57.3 Å². The van der Waals surface area contributed by atoms with E-state index in [0.717, 1.165) is 5.56 Å². The van der Waals surface area contributed by atoms with Crippen LogP contribution in [0, 0.1) is 0 Å². The molecule has 0 aromatic heterocycles. The molecule has 2 nitrogen and oxygen atoms in total. The first-order valence-corrected chi connectivity index (χ1v) is 29.2. The van der Waals surface area contributed by atoms with Gasteiger partial charge in [-0.1, -0.05) is 207 Å². The van der Waals surface area contributed by atoms with Crippen molar-refractivity contribution in [3.63, 3.8) is 0 Å².